The van der Waals surface area contributed by atoms with Gasteiger partial charge in [0.2, 0.25) is 5.91 Å². The average Bonchev–Trinajstić information content (AvgIpc) is 2.92. The number of hydrogen-bond donors (Lipinski definition) is 1. The number of carbonyl (C=O) groups is 1. The van der Waals surface area contributed by atoms with Crippen molar-refractivity contribution in [2.75, 3.05) is 12.8 Å². The molecule has 4 heteroatoms. The molecular weight excluding hydrogens is 248 g/mol. The van der Waals surface area contributed by atoms with E-state index in [2.05, 4.69) is 13.8 Å². The van der Waals surface area contributed by atoms with Gasteiger partial charge in [-0.05, 0) is 35.6 Å². The topological polar surface area (TPSA) is 46.3 Å². The highest BCUT2D eigenvalue weighted by Crippen LogP contribution is 2.52. The van der Waals surface area contributed by atoms with E-state index in [-0.39, 0.29) is 17.2 Å². The van der Waals surface area contributed by atoms with Crippen molar-refractivity contribution in [2.24, 2.45) is 11.3 Å². The average molecular weight is 267 g/mol. The molecule has 0 saturated heterocycles. The number of nitrogens with two attached hydrogens (primary N) is 1. The molecular formula is C14H19ClN2O. The lowest BCUT2D eigenvalue weighted by atomic mass is 10.1. The van der Waals surface area contributed by atoms with Crippen molar-refractivity contribution in [1.82, 2.24) is 4.90 Å². The molecule has 98 valence electrons. The molecule has 2 rings (SSSR count). The van der Waals surface area contributed by atoms with Crippen molar-refractivity contribution in [1.29, 1.82) is 0 Å². The lowest BCUT2D eigenvalue weighted by Crippen LogP contribution is -2.29. The molecule has 0 aliphatic heterocycles. The molecule has 1 unspecified atom stereocenters. The van der Waals surface area contributed by atoms with Gasteiger partial charge < -0.3 is 10.6 Å². The molecule has 1 aliphatic carbocycles. The van der Waals surface area contributed by atoms with Gasteiger partial charge in [0.25, 0.3) is 0 Å². The molecule has 1 saturated carbocycles. The van der Waals surface area contributed by atoms with Gasteiger partial charge in [0.05, 0.1) is 0 Å². The highest BCUT2D eigenvalue weighted by atomic mass is 35.5. The van der Waals surface area contributed by atoms with E-state index in [1.54, 1.807) is 17.0 Å². The Bertz CT molecular complexity index is 485. The van der Waals surface area contributed by atoms with Gasteiger partial charge in [-0.15, -0.1) is 0 Å². The van der Waals surface area contributed by atoms with Crippen molar-refractivity contribution >= 4 is 23.2 Å². The van der Waals surface area contributed by atoms with Crippen LogP contribution in [0.2, 0.25) is 5.02 Å². The second-order valence-electron chi connectivity index (χ2n) is 5.79. The Balaban J connectivity index is 2.05. The van der Waals surface area contributed by atoms with Gasteiger partial charge >= 0.3 is 0 Å². The highest BCUT2D eigenvalue weighted by molar-refractivity contribution is 6.31. The molecule has 1 amide bonds. The zero-order valence-electron chi connectivity index (χ0n) is 11.0. The summed E-state index contributed by atoms with van der Waals surface area (Å²) in [5, 5.41) is 0.652. The number of nitrogen functional groups attached to an aromatic ring is 1. The first-order chi connectivity index (χ1) is 8.31. The number of carbonyl (C=O) groups excluding carboxylic acids is 1. The summed E-state index contributed by atoms with van der Waals surface area (Å²) in [6.07, 6.45) is 0.973. The molecule has 0 bridgehead atoms. The Hall–Kier alpha value is -1.22. The minimum Gasteiger partial charge on any atom is -0.399 e. The summed E-state index contributed by atoms with van der Waals surface area (Å²) < 4.78 is 0. The summed E-state index contributed by atoms with van der Waals surface area (Å²) >= 11 is 6.10. The van der Waals surface area contributed by atoms with Crippen molar-refractivity contribution in [2.45, 2.75) is 26.8 Å². The van der Waals surface area contributed by atoms with E-state index >= 15 is 0 Å². The third-order valence-electron chi connectivity index (χ3n) is 3.67. The Kier molecular flexibility index (Phi) is 3.28. The number of hydrogen-bond acceptors (Lipinski definition) is 2. The van der Waals surface area contributed by atoms with Crippen LogP contribution in [0.1, 0.15) is 25.8 Å². The second kappa shape index (κ2) is 4.47. The highest BCUT2D eigenvalue weighted by Gasteiger charge is 2.51. The van der Waals surface area contributed by atoms with E-state index in [0.29, 0.717) is 17.3 Å². The van der Waals surface area contributed by atoms with E-state index in [9.17, 15) is 4.79 Å². The van der Waals surface area contributed by atoms with Crippen LogP contribution in [0.4, 0.5) is 5.69 Å². The largest absolute Gasteiger partial charge is 0.399 e. The molecule has 1 atom stereocenters. The normalized spacial score (nSPS) is 20.6. The summed E-state index contributed by atoms with van der Waals surface area (Å²) in [5.41, 5.74) is 7.45. The number of amides is 1. The van der Waals surface area contributed by atoms with Crippen LogP contribution in [0.3, 0.4) is 0 Å². The first kappa shape index (κ1) is 13.2. The van der Waals surface area contributed by atoms with E-state index in [4.69, 9.17) is 17.3 Å². The van der Waals surface area contributed by atoms with Gasteiger partial charge in [-0.1, -0.05) is 25.4 Å². The number of nitrogens with zero attached hydrogens (tertiary/aromatic N) is 1. The van der Waals surface area contributed by atoms with Crippen LogP contribution >= 0.6 is 11.6 Å². The van der Waals surface area contributed by atoms with Crippen LogP contribution in [0.5, 0.6) is 0 Å². The predicted octanol–water partition coefficient (Wildman–Crippen LogP) is 2.93. The van der Waals surface area contributed by atoms with E-state index in [1.807, 2.05) is 13.1 Å². The van der Waals surface area contributed by atoms with E-state index in [0.717, 1.165) is 12.0 Å². The fourth-order valence-corrected chi connectivity index (χ4v) is 2.38. The van der Waals surface area contributed by atoms with Gasteiger partial charge in [-0.25, -0.2) is 0 Å². The maximum absolute atomic E-state index is 12.2. The van der Waals surface area contributed by atoms with Crippen LogP contribution in [0, 0.1) is 11.3 Å². The summed E-state index contributed by atoms with van der Waals surface area (Å²) in [4.78, 5) is 13.9. The Morgan fingerprint density at radius 3 is 2.72 bits per heavy atom. The standard InChI is InChI=1S/C14H19ClN2O/c1-14(2)7-11(14)13(18)17(3)8-9-6-10(16)4-5-12(9)15/h4-6,11H,7-8,16H2,1-3H3. The van der Waals surface area contributed by atoms with Crippen LogP contribution in [0.15, 0.2) is 18.2 Å². The molecule has 2 N–H and O–H groups in total. The fourth-order valence-electron chi connectivity index (χ4n) is 2.20. The van der Waals surface area contributed by atoms with Crippen LogP contribution in [-0.4, -0.2) is 17.9 Å². The third-order valence-corrected chi connectivity index (χ3v) is 4.03. The number of rotatable bonds is 3. The summed E-state index contributed by atoms with van der Waals surface area (Å²) in [6, 6.07) is 5.35. The van der Waals surface area contributed by atoms with Gasteiger partial charge in [0, 0.05) is 30.2 Å². The third kappa shape index (κ3) is 2.61. The van der Waals surface area contributed by atoms with Gasteiger partial charge in [0.1, 0.15) is 0 Å². The monoisotopic (exact) mass is 266 g/mol. The van der Waals surface area contributed by atoms with Crippen LogP contribution < -0.4 is 5.73 Å². The second-order valence-corrected chi connectivity index (χ2v) is 6.20. The lowest BCUT2D eigenvalue weighted by Gasteiger charge is -2.19. The lowest BCUT2D eigenvalue weighted by molar-refractivity contribution is -0.132. The van der Waals surface area contributed by atoms with Crippen LogP contribution in [-0.2, 0) is 11.3 Å². The SMILES string of the molecule is CN(Cc1cc(N)ccc1Cl)C(=O)C1CC1(C)C. The molecule has 3 nitrogen and oxygen atoms in total. The minimum absolute atomic E-state index is 0.155. The predicted molar refractivity (Wildman–Crippen MR) is 74.2 cm³/mol. The smallest absolute Gasteiger partial charge is 0.226 e. The molecule has 0 aromatic heterocycles. The van der Waals surface area contributed by atoms with E-state index in [1.165, 1.54) is 0 Å². The van der Waals surface area contributed by atoms with Gasteiger partial charge in [-0.3, -0.25) is 4.79 Å². The molecule has 1 aromatic carbocycles. The Labute approximate surface area is 113 Å². The van der Waals surface area contributed by atoms with E-state index < -0.39 is 0 Å². The molecule has 1 aliphatic rings. The molecule has 18 heavy (non-hydrogen) atoms. The van der Waals surface area contributed by atoms with Gasteiger partial charge in [0.15, 0.2) is 0 Å². The molecule has 0 heterocycles. The first-order valence-electron chi connectivity index (χ1n) is 6.10. The van der Waals surface area contributed by atoms with Crippen molar-refractivity contribution in [3.05, 3.63) is 28.8 Å². The summed E-state index contributed by atoms with van der Waals surface area (Å²) in [7, 11) is 1.82. The van der Waals surface area contributed by atoms with Crippen molar-refractivity contribution in [3.63, 3.8) is 0 Å². The first-order valence-corrected chi connectivity index (χ1v) is 6.48. The number of anilines is 1. The number of benzene rings is 1. The summed E-state index contributed by atoms with van der Waals surface area (Å²) in [5.74, 6) is 0.348. The molecule has 1 fully saturated rings. The summed E-state index contributed by atoms with van der Waals surface area (Å²) in [6.45, 7) is 4.75. The molecule has 0 spiro atoms. The zero-order chi connectivity index (χ0) is 13.5. The molecule has 1 aromatic rings. The Morgan fingerprint density at radius 2 is 2.17 bits per heavy atom. The Morgan fingerprint density at radius 1 is 1.56 bits per heavy atom. The quantitative estimate of drug-likeness (QED) is 0.855. The minimum atomic E-state index is 0.155. The zero-order valence-corrected chi connectivity index (χ0v) is 11.8. The molecule has 0 radical (unpaired) electrons. The maximum atomic E-state index is 12.2. The fraction of sp³-hybridized carbons (Fsp3) is 0.500. The van der Waals surface area contributed by atoms with Crippen molar-refractivity contribution in [3.8, 4) is 0 Å². The van der Waals surface area contributed by atoms with Gasteiger partial charge in [-0.2, -0.15) is 0 Å². The van der Waals surface area contributed by atoms with Crippen molar-refractivity contribution < 1.29 is 4.79 Å². The maximum Gasteiger partial charge on any atom is 0.226 e. The number of halogens is 1. The van der Waals surface area contributed by atoms with Crippen LogP contribution in [0.25, 0.3) is 0 Å².